The van der Waals surface area contributed by atoms with Gasteiger partial charge in [0.15, 0.2) is 0 Å². The predicted molar refractivity (Wildman–Crippen MR) is 58.1 cm³/mol. The van der Waals surface area contributed by atoms with Gasteiger partial charge in [-0.1, -0.05) is 20.3 Å². The predicted octanol–water partition coefficient (Wildman–Crippen LogP) is 1.81. The zero-order chi connectivity index (χ0) is 9.68. The van der Waals surface area contributed by atoms with E-state index in [0.717, 1.165) is 6.04 Å². The lowest BCUT2D eigenvalue weighted by molar-refractivity contribution is 0.209. The van der Waals surface area contributed by atoms with E-state index in [1.807, 2.05) is 0 Å². The van der Waals surface area contributed by atoms with Crippen molar-refractivity contribution in [3.63, 3.8) is 0 Å². The first-order valence-corrected chi connectivity index (χ1v) is 5.70. The SMILES string of the molecule is CCC.CN1CCN2CCC1CC2. The standard InChI is InChI=1S/C8H16N2.C3H8/c1-9-6-7-10-4-2-8(9)3-5-10;1-3-2/h8H,2-7H2,1H3;3H2,1-2H3. The fraction of sp³-hybridized carbons (Fsp3) is 1.00. The molecule has 2 heteroatoms. The van der Waals surface area contributed by atoms with Gasteiger partial charge < -0.3 is 9.80 Å². The molecular weight excluding hydrogens is 160 g/mol. The molecule has 0 atom stereocenters. The number of rotatable bonds is 0. The summed E-state index contributed by atoms with van der Waals surface area (Å²) < 4.78 is 0. The third-order valence-electron chi connectivity index (χ3n) is 2.95. The van der Waals surface area contributed by atoms with Crippen LogP contribution in [0.3, 0.4) is 0 Å². The van der Waals surface area contributed by atoms with Crippen LogP contribution < -0.4 is 0 Å². The fourth-order valence-corrected chi connectivity index (χ4v) is 2.07. The molecule has 3 saturated heterocycles. The minimum Gasteiger partial charge on any atom is -0.302 e. The van der Waals surface area contributed by atoms with E-state index in [1.54, 1.807) is 0 Å². The monoisotopic (exact) mass is 184 g/mol. The maximum absolute atomic E-state index is 2.58. The lowest BCUT2D eigenvalue weighted by Crippen LogP contribution is -2.35. The molecule has 0 radical (unpaired) electrons. The number of hydrogen-bond donors (Lipinski definition) is 0. The second-order valence-electron chi connectivity index (χ2n) is 4.26. The highest BCUT2D eigenvalue weighted by Gasteiger charge is 2.25. The van der Waals surface area contributed by atoms with Crippen LogP contribution in [0.1, 0.15) is 33.1 Å². The van der Waals surface area contributed by atoms with Crippen molar-refractivity contribution < 1.29 is 0 Å². The van der Waals surface area contributed by atoms with E-state index in [0.29, 0.717) is 0 Å². The van der Waals surface area contributed by atoms with Gasteiger partial charge in [-0.2, -0.15) is 0 Å². The first-order valence-electron chi connectivity index (χ1n) is 5.70. The third kappa shape index (κ3) is 3.28. The Labute approximate surface area is 82.9 Å². The van der Waals surface area contributed by atoms with Crippen molar-refractivity contribution in [3.8, 4) is 0 Å². The number of hydrogen-bond acceptors (Lipinski definition) is 2. The van der Waals surface area contributed by atoms with Gasteiger partial charge in [0.2, 0.25) is 0 Å². The molecule has 0 saturated carbocycles. The minimum absolute atomic E-state index is 0.902. The molecule has 2 bridgehead atoms. The molecule has 78 valence electrons. The molecule has 0 N–H and O–H groups in total. The number of nitrogens with zero attached hydrogens (tertiary/aromatic N) is 2. The van der Waals surface area contributed by atoms with Crippen molar-refractivity contribution in [2.75, 3.05) is 33.2 Å². The number of likely N-dealkylation sites (N-methyl/N-ethyl adjacent to an activating group) is 1. The summed E-state index contributed by atoms with van der Waals surface area (Å²) in [6, 6.07) is 0.902. The lowest BCUT2D eigenvalue weighted by Gasteiger charge is -2.28. The van der Waals surface area contributed by atoms with E-state index in [1.165, 1.54) is 45.4 Å². The Bertz CT molecular complexity index is 128. The van der Waals surface area contributed by atoms with Gasteiger partial charge in [0.05, 0.1) is 0 Å². The molecule has 0 spiro atoms. The van der Waals surface area contributed by atoms with Crippen molar-refractivity contribution in [2.24, 2.45) is 0 Å². The first kappa shape index (κ1) is 11.0. The maximum atomic E-state index is 2.58. The second-order valence-corrected chi connectivity index (χ2v) is 4.26. The summed E-state index contributed by atoms with van der Waals surface area (Å²) in [6.45, 7) is 9.52. The van der Waals surface area contributed by atoms with Crippen LogP contribution in [0.15, 0.2) is 0 Å². The molecule has 0 unspecified atom stereocenters. The van der Waals surface area contributed by atoms with Gasteiger partial charge in [0, 0.05) is 19.1 Å². The summed E-state index contributed by atoms with van der Waals surface area (Å²) in [6.07, 6.45) is 4.05. The smallest absolute Gasteiger partial charge is 0.0117 e. The molecule has 3 aliphatic rings. The molecule has 0 aliphatic carbocycles. The van der Waals surface area contributed by atoms with Crippen molar-refractivity contribution in [2.45, 2.75) is 39.2 Å². The molecule has 13 heavy (non-hydrogen) atoms. The Kier molecular flexibility index (Phi) is 4.74. The Hall–Kier alpha value is -0.0800. The molecule has 3 fully saturated rings. The van der Waals surface area contributed by atoms with E-state index in [2.05, 4.69) is 30.7 Å². The van der Waals surface area contributed by atoms with Gasteiger partial charge in [-0.25, -0.2) is 0 Å². The van der Waals surface area contributed by atoms with E-state index in [4.69, 9.17) is 0 Å². The molecule has 0 aromatic carbocycles. The highest BCUT2D eigenvalue weighted by Crippen LogP contribution is 2.18. The topological polar surface area (TPSA) is 6.48 Å². The highest BCUT2D eigenvalue weighted by atomic mass is 15.2. The maximum Gasteiger partial charge on any atom is 0.0117 e. The van der Waals surface area contributed by atoms with Crippen molar-refractivity contribution >= 4 is 0 Å². The molecule has 0 aromatic rings. The average molecular weight is 184 g/mol. The van der Waals surface area contributed by atoms with Gasteiger partial charge >= 0.3 is 0 Å². The third-order valence-corrected chi connectivity index (χ3v) is 2.95. The Morgan fingerprint density at radius 3 is 2.08 bits per heavy atom. The Morgan fingerprint density at radius 2 is 1.54 bits per heavy atom. The molecule has 2 nitrogen and oxygen atoms in total. The van der Waals surface area contributed by atoms with Gasteiger partial charge in [0.1, 0.15) is 0 Å². The van der Waals surface area contributed by atoms with Crippen LogP contribution in [0, 0.1) is 0 Å². The van der Waals surface area contributed by atoms with Gasteiger partial charge in [-0.3, -0.25) is 0 Å². The summed E-state index contributed by atoms with van der Waals surface area (Å²) in [7, 11) is 2.26. The Balaban J connectivity index is 0.000000251. The molecular formula is C11H24N2. The van der Waals surface area contributed by atoms with Crippen molar-refractivity contribution in [3.05, 3.63) is 0 Å². The lowest BCUT2D eigenvalue weighted by atomic mass is 10.1. The summed E-state index contributed by atoms with van der Waals surface area (Å²) in [5.74, 6) is 0. The summed E-state index contributed by atoms with van der Waals surface area (Å²) in [4.78, 5) is 5.10. The van der Waals surface area contributed by atoms with Crippen molar-refractivity contribution in [1.82, 2.24) is 9.80 Å². The zero-order valence-electron chi connectivity index (χ0n) is 9.42. The normalized spacial score (nSPS) is 33.5. The summed E-state index contributed by atoms with van der Waals surface area (Å²) >= 11 is 0. The van der Waals surface area contributed by atoms with Gasteiger partial charge in [-0.15, -0.1) is 0 Å². The quantitative estimate of drug-likeness (QED) is 0.566. The molecule has 3 aliphatic heterocycles. The molecule has 0 amide bonds. The van der Waals surface area contributed by atoms with E-state index in [-0.39, 0.29) is 0 Å². The van der Waals surface area contributed by atoms with E-state index >= 15 is 0 Å². The zero-order valence-corrected chi connectivity index (χ0v) is 9.42. The van der Waals surface area contributed by atoms with E-state index < -0.39 is 0 Å². The average Bonchev–Trinajstić information content (AvgIpc) is 2.41. The molecule has 3 heterocycles. The van der Waals surface area contributed by atoms with Crippen LogP contribution in [0.25, 0.3) is 0 Å². The van der Waals surface area contributed by atoms with Crippen molar-refractivity contribution in [1.29, 1.82) is 0 Å². The second kappa shape index (κ2) is 5.61. The largest absolute Gasteiger partial charge is 0.302 e. The first-order chi connectivity index (χ1) is 6.27. The van der Waals surface area contributed by atoms with Crippen LogP contribution in [-0.4, -0.2) is 49.1 Å². The molecule has 0 aromatic heterocycles. The van der Waals surface area contributed by atoms with Gasteiger partial charge in [-0.05, 0) is 33.0 Å². The minimum atomic E-state index is 0.902. The van der Waals surface area contributed by atoms with Gasteiger partial charge in [0.25, 0.3) is 0 Å². The van der Waals surface area contributed by atoms with Crippen LogP contribution in [0.2, 0.25) is 0 Å². The Morgan fingerprint density at radius 1 is 1.00 bits per heavy atom. The van der Waals surface area contributed by atoms with E-state index in [9.17, 15) is 0 Å². The number of fused-ring (bicyclic) bond motifs is 4. The highest BCUT2D eigenvalue weighted by molar-refractivity contribution is 4.82. The summed E-state index contributed by atoms with van der Waals surface area (Å²) in [5.41, 5.74) is 0. The number of piperidine rings is 1. The van der Waals surface area contributed by atoms with Crippen LogP contribution in [-0.2, 0) is 0 Å². The van der Waals surface area contributed by atoms with Crippen LogP contribution in [0.4, 0.5) is 0 Å². The molecule has 3 rings (SSSR count). The fourth-order valence-electron chi connectivity index (χ4n) is 2.07. The van der Waals surface area contributed by atoms with Crippen LogP contribution >= 0.6 is 0 Å². The summed E-state index contributed by atoms with van der Waals surface area (Å²) in [5, 5.41) is 0. The van der Waals surface area contributed by atoms with Crippen LogP contribution in [0.5, 0.6) is 0 Å².